The Balaban J connectivity index is 3.45. The third-order valence-electron chi connectivity index (χ3n) is 3.99. The lowest BCUT2D eigenvalue weighted by atomic mass is 10.1. The van der Waals surface area contributed by atoms with E-state index in [0.717, 1.165) is 32.0 Å². The van der Waals surface area contributed by atoms with Gasteiger partial charge in [-0.2, -0.15) is 0 Å². The van der Waals surface area contributed by atoms with Gasteiger partial charge in [-0.1, -0.05) is 58.3 Å². The van der Waals surface area contributed by atoms with Crippen LogP contribution in [0.5, 0.6) is 0 Å². The Labute approximate surface area is 136 Å². The van der Waals surface area contributed by atoms with E-state index in [2.05, 4.69) is 12.2 Å². The van der Waals surface area contributed by atoms with Crippen LogP contribution in [0.3, 0.4) is 0 Å². The summed E-state index contributed by atoms with van der Waals surface area (Å²) in [5.41, 5.74) is 5.42. The maximum Gasteiger partial charge on any atom is 0.220 e. The summed E-state index contributed by atoms with van der Waals surface area (Å²) in [4.78, 5) is 22.7. The molecule has 0 aliphatic carbocycles. The number of nitrogens with one attached hydrogen (secondary N) is 1. The summed E-state index contributed by atoms with van der Waals surface area (Å²) in [5.74, 6) is 0.00722. The number of rotatable bonds is 16. The molecule has 0 saturated carbocycles. The zero-order valence-corrected chi connectivity index (χ0v) is 14.4. The van der Waals surface area contributed by atoms with E-state index in [9.17, 15) is 9.59 Å². The van der Waals surface area contributed by atoms with E-state index < -0.39 is 0 Å². The van der Waals surface area contributed by atoms with Crippen molar-refractivity contribution in [2.75, 3.05) is 6.54 Å². The summed E-state index contributed by atoms with van der Waals surface area (Å²) in [6.45, 7) is 2.87. The Morgan fingerprint density at radius 2 is 1.55 bits per heavy atom. The van der Waals surface area contributed by atoms with Gasteiger partial charge < -0.3 is 15.8 Å². The second-order valence-electron chi connectivity index (χ2n) is 6.17. The highest BCUT2D eigenvalue weighted by Crippen LogP contribution is 2.10. The normalized spacial score (nSPS) is 12.1. The molecule has 0 rings (SSSR count). The van der Waals surface area contributed by atoms with E-state index in [1.54, 1.807) is 0 Å². The molecule has 0 aromatic heterocycles. The molecule has 1 amide bonds. The van der Waals surface area contributed by atoms with E-state index in [4.69, 9.17) is 5.73 Å². The number of amides is 1. The highest BCUT2D eigenvalue weighted by atomic mass is 16.2. The van der Waals surface area contributed by atoms with Gasteiger partial charge in [0.15, 0.2) is 0 Å². The molecule has 130 valence electrons. The van der Waals surface area contributed by atoms with Crippen molar-refractivity contribution in [3.8, 4) is 0 Å². The van der Waals surface area contributed by atoms with Crippen LogP contribution in [-0.4, -0.2) is 24.8 Å². The van der Waals surface area contributed by atoms with Gasteiger partial charge in [-0.3, -0.25) is 4.79 Å². The number of unbranched alkanes of at least 4 members (excludes halogenated alkanes) is 9. The first kappa shape index (κ1) is 21.1. The maximum absolute atomic E-state index is 11.8. The molecule has 0 bridgehead atoms. The first-order valence-electron chi connectivity index (χ1n) is 9.19. The van der Waals surface area contributed by atoms with Crippen molar-refractivity contribution in [3.63, 3.8) is 0 Å². The quantitative estimate of drug-likeness (QED) is 0.337. The molecular weight excluding hydrogens is 276 g/mol. The molecule has 3 N–H and O–H groups in total. The van der Waals surface area contributed by atoms with Gasteiger partial charge in [0.05, 0.1) is 6.04 Å². The second kappa shape index (κ2) is 16.5. The van der Waals surface area contributed by atoms with Gasteiger partial charge in [0.1, 0.15) is 6.29 Å². The number of aldehydes is 1. The van der Waals surface area contributed by atoms with Crippen molar-refractivity contribution in [2.24, 2.45) is 5.73 Å². The molecule has 4 heteroatoms. The predicted octanol–water partition coefficient (Wildman–Crippen LogP) is 3.72. The van der Waals surface area contributed by atoms with E-state index in [1.807, 2.05) is 0 Å². The third-order valence-corrected chi connectivity index (χ3v) is 3.99. The van der Waals surface area contributed by atoms with Crippen LogP contribution >= 0.6 is 0 Å². The first-order chi connectivity index (χ1) is 10.7. The number of carbonyl (C=O) groups is 2. The Kier molecular flexibility index (Phi) is 15.8. The summed E-state index contributed by atoms with van der Waals surface area (Å²) in [5, 5.41) is 2.80. The Bertz CT molecular complexity index is 270. The van der Waals surface area contributed by atoms with Crippen LogP contribution in [0.1, 0.15) is 90.4 Å². The lowest BCUT2D eigenvalue weighted by molar-refractivity contribution is -0.124. The van der Waals surface area contributed by atoms with Crippen LogP contribution in [0, 0.1) is 0 Å². The van der Waals surface area contributed by atoms with E-state index in [-0.39, 0.29) is 11.9 Å². The van der Waals surface area contributed by atoms with Crippen LogP contribution < -0.4 is 11.1 Å². The van der Waals surface area contributed by atoms with Crippen molar-refractivity contribution in [2.45, 2.75) is 96.4 Å². The minimum Gasteiger partial charge on any atom is -0.347 e. The summed E-state index contributed by atoms with van der Waals surface area (Å²) in [6.07, 6.45) is 15.1. The standard InChI is InChI=1S/C18H36N2O2/c1-2-3-4-5-6-7-8-9-10-14-18(22)20-17(16-21)13-11-12-15-19/h16-17H,2-15,19H2,1H3,(H,20,22). The van der Waals surface area contributed by atoms with Gasteiger partial charge in [0.25, 0.3) is 0 Å². The topological polar surface area (TPSA) is 72.2 Å². The highest BCUT2D eigenvalue weighted by molar-refractivity contribution is 5.79. The van der Waals surface area contributed by atoms with Crippen molar-refractivity contribution >= 4 is 12.2 Å². The van der Waals surface area contributed by atoms with Crippen LogP contribution in [0.4, 0.5) is 0 Å². The van der Waals surface area contributed by atoms with E-state index in [1.165, 1.54) is 44.9 Å². The summed E-state index contributed by atoms with van der Waals surface area (Å²) in [6, 6.07) is -0.336. The summed E-state index contributed by atoms with van der Waals surface area (Å²) >= 11 is 0. The largest absolute Gasteiger partial charge is 0.347 e. The fourth-order valence-electron chi connectivity index (χ4n) is 2.56. The van der Waals surface area contributed by atoms with Crippen molar-refractivity contribution in [3.05, 3.63) is 0 Å². The van der Waals surface area contributed by atoms with Crippen LogP contribution in [0.15, 0.2) is 0 Å². The fraction of sp³-hybridized carbons (Fsp3) is 0.889. The molecule has 0 aliphatic heterocycles. The summed E-state index contributed by atoms with van der Waals surface area (Å²) in [7, 11) is 0. The molecule has 4 nitrogen and oxygen atoms in total. The molecule has 22 heavy (non-hydrogen) atoms. The second-order valence-corrected chi connectivity index (χ2v) is 6.17. The number of hydrogen-bond donors (Lipinski definition) is 2. The molecule has 0 radical (unpaired) electrons. The average molecular weight is 312 g/mol. The molecule has 0 aliphatic rings. The van der Waals surface area contributed by atoms with Gasteiger partial charge >= 0.3 is 0 Å². The highest BCUT2D eigenvalue weighted by Gasteiger charge is 2.10. The van der Waals surface area contributed by atoms with E-state index >= 15 is 0 Å². The monoisotopic (exact) mass is 312 g/mol. The van der Waals surface area contributed by atoms with Crippen LogP contribution in [0.2, 0.25) is 0 Å². The molecule has 0 fully saturated rings. The molecule has 0 aromatic rings. The molecule has 0 aromatic carbocycles. The molecule has 0 heterocycles. The first-order valence-corrected chi connectivity index (χ1v) is 9.19. The van der Waals surface area contributed by atoms with Crippen LogP contribution in [-0.2, 0) is 9.59 Å². The Morgan fingerprint density at radius 3 is 2.09 bits per heavy atom. The van der Waals surface area contributed by atoms with Crippen molar-refractivity contribution < 1.29 is 9.59 Å². The zero-order valence-electron chi connectivity index (χ0n) is 14.4. The van der Waals surface area contributed by atoms with Crippen molar-refractivity contribution in [1.82, 2.24) is 5.32 Å². The lowest BCUT2D eigenvalue weighted by Crippen LogP contribution is -2.35. The van der Waals surface area contributed by atoms with Crippen LogP contribution in [0.25, 0.3) is 0 Å². The SMILES string of the molecule is CCCCCCCCCCCC(=O)NC(C=O)CCCCN. The smallest absolute Gasteiger partial charge is 0.220 e. The van der Waals surface area contributed by atoms with E-state index in [0.29, 0.717) is 19.4 Å². The summed E-state index contributed by atoms with van der Waals surface area (Å²) < 4.78 is 0. The average Bonchev–Trinajstić information content (AvgIpc) is 2.52. The molecule has 0 spiro atoms. The zero-order chi connectivity index (χ0) is 16.5. The third kappa shape index (κ3) is 14.1. The van der Waals surface area contributed by atoms with Gasteiger partial charge in [-0.15, -0.1) is 0 Å². The number of nitrogens with two attached hydrogens (primary N) is 1. The molecule has 1 atom stereocenters. The van der Waals surface area contributed by atoms with Gasteiger partial charge in [0.2, 0.25) is 5.91 Å². The number of carbonyl (C=O) groups excluding carboxylic acids is 2. The van der Waals surface area contributed by atoms with Gasteiger partial charge in [-0.25, -0.2) is 0 Å². The van der Waals surface area contributed by atoms with Gasteiger partial charge in [-0.05, 0) is 32.2 Å². The maximum atomic E-state index is 11.8. The minimum absolute atomic E-state index is 0.00722. The lowest BCUT2D eigenvalue weighted by Gasteiger charge is -2.12. The number of hydrogen-bond acceptors (Lipinski definition) is 3. The molecule has 1 unspecified atom stereocenters. The van der Waals surface area contributed by atoms with Crippen molar-refractivity contribution in [1.29, 1.82) is 0 Å². The molecular formula is C18H36N2O2. The Morgan fingerprint density at radius 1 is 0.955 bits per heavy atom. The molecule has 0 saturated heterocycles. The van der Waals surface area contributed by atoms with Gasteiger partial charge in [0, 0.05) is 6.42 Å². The fourth-order valence-corrected chi connectivity index (χ4v) is 2.56. The minimum atomic E-state index is -0.336. The Hall–Kier alpha value is -0.900. The predicted molar refractivity (Wildman–Crippen MR) is 92.7 cm³/mol.